The van der Waals surface area contributed by atoms with Crippen LogP contribution in [0.4, 0.5) is 0 Å². The Bertz CT molecular complexity index is 475. The average Bonchev–Trinajstić information content (AvgIpc) is 2.94. The zero-order chi connectivity index (χ0) is 13.3. The molecule has 0 aliphatic carbocycles. The lowest BCUT2D eigenvalue weighted by Crippen LogP contribution is -2.45. The fourth-order valence-corrected chi connectivity index (χ4v) is 2.97. The number of amides is 1. The smallest absolute Gasteiger partial charge is 0.327 e. The first-order valence-corrected chi connectivity index (χ1v) is 6.67. The van der Waals surface area contributed by atoms with Crippen molar-refractivity contribution in [3.63, 3.8) is 0 Å². The van der Waals surface area contributed by atoms with Gasteiger partial charge in [-0.2, -0.15) is 0 Å². The Morgan fingerprint density at radius 2 is 2.33 bits per heavy atom. The van der Waals surface area contributed by atoms with Crippen molar-refractivity contribution >= 4 is 23.6 Å². The maximum absolute atomic E-state index is 12.2. The highest BCUT2D eigenvalue weighted by atomic mass is 32.2. The van der Waals surface area contributed by atoms with Gasteiger partial charge in [0.05, 0.1) is 5.37 Å². The second kappa shape index (κ2) is 4.97. The topological polar surface area (TPSA) is 99.2 Å². The quantitative estimate of drug-likeness (QED) is 0.822. The molecule has 0 radical (unpaired) electrons. The zero-order valence-corrected chi connectivity index (χ0v) is 10.9. The summed E-state index contributed by atoms with van der Waals surface area (Å²) in [5.41, 5.74) is 0. The van der Waals surface area contributed by atoms with Gasteiger partial charge in [-0.05, 0) is 6.92 Å². The molecule has 98 valence electrons. The van der Waals surface area contributed by atoms with E-state index in [0.717, 1.165) is 0 Å². The standard InChI is InChI=1S/C10H14N4O3S/c1-3-7-11-8(13-12-7)9(15)14-5(2)18-4-6(14)10(16)17/h5-6H,3-4H2,1-2H3,(H,16,17)(H,11,12,13). The Kier molecular flexibility index (Phi) is 3.55. The Hall–Kier alpha value is -1.57. The number of carboxylic acid groups (broad SMARTS) is 1. The second-order valence-electron chi connectivity index (χ2n) is 3.96. The minimum atomic E-state index is -0.994. The van der Waals surface area contributed by atoms with E-state index < -0.39 is 17.9 Å². The first kappa shape index (κ1) is 12.9. The molecule has 1 aliphatic heterocycles. The molecule has 7 nitrogen and oxygen atoms in total. The number of aryl methyl sites for hydroxylation is 1. The third kappa shape index (κ3) is 2.20. The van der Waals surface area contributed by atoms with Crippen molar-refractivity contribution in [2.45, 2.75) is 31.7 Å². The summed E-state index contributed by atoms with van der Waals surface area (Å²) in [6.45, 7) is 3.70. The molecule has 2 heterocycles. The van der Waals surface area contributed by atoms with Gasteiger partial charge < -0.3 is 10.0 Å². The molecule has 0 saturated carbocycles. The summed E-state index contributed by atoms with van der Waals surface area (Å²) in [6.07, 6.45) is 0.646. The Labute approximate surface area is 108 Å². The number of aromatic nitrogens is 3. The molecular formula is C10H14N4O3S. The van der Waals surface area contributed by atoms with Crippen LogP contribution in [0.5, 0.6) is 0 Å². The minimum Gasteiger partial charge on any atom is -0.480 e. The minimum absolute atomic E-state index is 0.0347. The summed E-state index contributed by atoms with van der Waals surface area (Å²) in [4.78, 5) is 28.7. The van der Waals surface area contributed by atoms with E-state index >= 15 is 0 Å². The number of hydrogen-bond acceptors (Lipinski definition) is 5. The summed E-state index contributed by atoms with van der Waals surface area (Å²) in [6, 6.07) is -0.805. The van der Waals surface area contributed by atoms with Gasteiger partial charge in [0.2, 0.25) is 5.82 Å². The Morgan fingerprint density at radius 3 is 2.89 bits per heavy atom. The molecule has 0 spiro atoms. The number of H-pyrrole nitrogens is 1. The number of aromatic amines is 1. The van der Waals surface area contributed by atoms with E-state index in [1.165, 1.54) is 16.7 Å². The van der Waals surface area contributed by atoms with Gasteiger partial charge in [-0.3, -0.25) is 9.89 Å². The molecule has 2 rings (SSSR count). The highest BCUT2D eigenvalue weighted by Gasteiger charge is 2.41. The van der Waals surface area contributed by atoms with Gasteiger partial charge in [0.25, 0.3) is 5.91 Å². The number of rotatable bonds is 3. The largest absolute Gasteiger partial charge is 0.480 e. The van der Waals surface area contributed by atoms with Crippen molar-refractivity contribution < 1.29 is 14.7 Å². The van der Waals surface area contributed by atoms with E-state index in [1.807, 2.05) is 6.92 Å². The molecule has 1 aliphatic rings. The predicted molar refractivity (Wildman–Crippen MR) is 65.3 cm³/mol. The molecule has 18 heavy (non-hydrogen) atoms. The summed E-state index contributed by atoms with van der Waals surface area (Å²) < 4.78 is 0. The van der Waals surface area contributed by atoms with E-state index in [4.69, 9.17) is 5.11 Å². The van der Waals surface area contributed by atoms with Crippen LogP contribution in [0, 0.1) is 0 Å². The summed E-state index contributed by atoms with van der Waals surface area (Å²) >= 11 is 1.44. The molecule has 0 aromatic carbocycles. The van der Waals surface area contributed by atoms with Crippen LogP contribution in [-0.4, -0.2) is 54.2 Å². The van der Waals surface area contributed by atoms with Crippen molar-refractivity contribution in [3.8, 4) is 0 Å². The molecular weight excluding hydrogens is 256 g/mol. The van der Waals surface area contributed by atoms with Crippen LogP contribution in [-0.2, 0) is 11.2 Å². The van der Waals surface area contributed by atoms with Crippen LogP contribution in [0.1, 0.15) is 30.3 Å². The van der Waals surface area contributed by atoms with Gasteiger partial charge in [-0.1, -0.05) is 6.92 Å². The van der Waals surface area contributed by atoms with Crippen molar-refractivity contribution in [2.75, 3.05) is 5.75 Å². The fourth-order valence-electron chi connectivity index (χ4n) is 1.81. The van der Waals surface area contributed by atoms with Crippen LogP contribution >= 0.6 is 11.8 Å². The molecule has 1 saturated heterocycles. The number of nitrogens with zero attached hydrogens (tertiary/aromatic N) is 3. The third-order valence-electron chi connectivity index (χ3n) is 2.80. The van der Waals surface area contributed by atoms with Gasteiger partial charge in [0.15, 0.2) is 0 Å². The number of nitrogens with one attached hydrogen (secondary N) is 1. The van der Waals surface area contributed by atoms with Crippen LogP contribution in [0.15, 0.2) is 0 Å². The molecule has 2 atom stereocenters. The maximum Gasteiger partial charge on any atom is 0.327 e. The molecule has 1 amide bonds. The third-order valence-corrected chi connectivity index (χ3v) is 4.02. The normalized spacial score (nSPS) is 23.3. The molecule has 8 heteroatoms. The fraction of sp³-hybridized carbons (Fsp3) is 0.600. The summed E-state index contributed by atoms with van der Waals surface area (Å²) in [7, 11) is 0. The summed E-state index contributed by atoms with van der Waals surface area (Å²) in [5, 5.41) is 15.4. The van der Waals surface area contributed by atoms with Gasteiger partial charge in [-0.15, -0.1) is 16.9 Å². The van der Waals surface area contributed by atoms with Crippen LogP contribution in [0.2, 0.25) is 0 Å². The van der Waals surface area contributed by atoms with Gasteiger partial charge >= 0.3 is 5.97 Å². The molecule has 2 unspecified atom stereocenters. The number of thioether (sulfide) groups is 1. The lowest BCUT2D eigenvalue weighted by atomic mass is 10.2. The monoisotopic (exact) mass is 270 g/mol. The van der Waals surface area contributed by atoms with Crippen molar-refractivity contribution in [1.82, 2.24) is 20.1 Å². The SMILES string of the molecule is CCc1nc(C(=O)N2C(C)SCC2C(=O)O)n[nH]1. The number of carbonyl (C=O) groups excluding carboxylic acids is 1. The van der Waals surface area contributed by atoms with E-state index in [2.05, 4.69) is 15.2 Å². The maximum atomic E-state index is 12.2. The van der Waals surface area contributed by atoms with Crippen LogP contribution in [0.25, 0.3) is 0 Å². The van der Waals surface area contributed by atoms with E-state index in [-0.39, 0.29) is 11.2 Å². The van der Waals surface area contributed by atoms with E-state index in [9.17, 15) is 9.59 Å². The summed E-state index contributed by atoms with van der Waals surface area (Å²) in [5.74, 6) is -0.382. The molecule has 2 N–H and O–H groups in total. The Balaban J connectivity index is 2.23. The number of aliphatic carboxylic acids is 1. The average molecular weight is 270 g/mol. The molecule has 1 aromatic rings. The lowest BCUT2D eigenvalue weighted by Gasteiger charge is -2.23. The molecule has 1 aromatic heterocycles. The Morgan fingerprint density at radius 1 is 1.61 bits per heavy atom. The van der Waals surface area contributed by atoms with Crippen molar-refractivity contribution in [2.24, 2.45) is 0 Å². The van der Waals surface area contributed by atoms with Gasteiger partial charge in [-0.25, -0.2) is 9.78 Å². The van der Waals surface area contributed by atoms with E-state index in [1.54, 1.807) is 6.92 Å². The van der Waals surface area contributed by atoms with Crippen molar-refractivity contribution in [3.05, 3.63) is 11.6 Å². The highest BCUT2D eigenvalue weighted by Crippen LogP contribution is 2.29. The molecule has 0 bridgehead atoms. The van der Waals surface area contributed by atoms with Gasteiger partial charge in [0.1, 0.15) is 11.9 Å². The zero-order valence-electron chi connectivity index (χ0n) is 10.1. The number of hydrogen-bond donors (Lipinski definition) is 2. The molecule has 1 fully saturated rings. The predicted octanol–water partition coefficient (Wildman–Crippen LogP) is 0.355. The lowest BCUT2D eigenvalue weighted by molar-refractivity contribution is -0.141. The highest BCUT2D eigenvalue weighted by molar-refractivity contribution is 8.00. The first-order chi connectivity index (χ1) is 8.54. The van der Waals surface area contributed by atoms with Crippen molar-refractivity contribution in [1.29, 1.82) is 0 Å². The van der Waals surface area contributed by atoms with Gasteiger partial charge in [0, 0.05) is 12.2 Å². The second-order valence-corrected chi connectivity index (χ2v) is 5.31. The number of carbonyl (C=O) groups is 2. The van der Waals surface area contributed by atoms with E-state index in [0.29, 0.717) is 18.0 Å². The van der Waals surface area contributed by atoms with Crippen LogP contribution in [0.3, 0.4) is 0 Å². The first-order valence-electron chi connectivity index (χ1n) is 5.63. The van der Waals surface area contributed by atoms with Crippen LogP contribution < -0.4 is 0 Å². The number of carboxylic acids is 1.